The number of allylic oxidation sites excluding steroid dienone is 2. The summed E-state index contributed by atoms with van der Waals surface area (Å²) in [5.74, 6) is -0.114. The lowest BCUT2D eigenvalue weighted by Crippen LogP contribution is -2.14. The molecule has 1 rings (SSSR count). The van der Waals surface area contributed by atoms with Gasteiger partial charge in [-0.2, -0.15) is 0 Å². The Bertz CT molecular complexity index is 509. The lowest BCUT2D eigenvalue weighted by molar-refractivity contribution is -0.112. The Kier molecular flexibility index (Phi) is 4.72. The summed E-state index contributed by atoms with van der Waals surface area (Å²) in [5.41, 5.74) is 9.86. The molecule has 0 saturated heterocycles. The van der Waals surface area contributed by atoms with Crippen molar-refractivity contribution in [2.45, 2.75) is 27.7 Å². The molecule has 0 atom stereocenters. The summed E-state index contributed by atoms with van der Waals surface area (Å²) in [6.45, 7) is 7.65. The van der Waals surface area contributed by atoms with Gasteiger partial charge in [0, 0.05) is 16.9 Å². The van der Waals surface area contributed by atoms with E-state index in [0.29, 0.717) is 16.9 Å². The van der Waals surface area contributed by atoms with Gasteiger partial charge in [-0.05, 0) is 45.4 Å². The van der Waals surface area contributed by atoms with Crippen LogP contribution in [0, 0.1) is 6.92 Å². The standard InChI is InChI=1S/C15H20N2O/c1-5-6-13(10(2)3)15(18)17-12-8-7-11(4)14(16)9-12/h5-9H,16H2,1-4H3,(H,17,18)/b6-5-. The Morgan fingerprint density at radius 3 is 2.50 bits per heavy atom. The maximum atomic E-state index is 12.1. The third kappa shape index (κ3) is 3.48. The predicted molar refractivity (Wildman–Crippen MR) is 77.4 cm³/mol. The second-order valence-electron chi connectivity index (χ2n) is 4.44. The summed E-state index contributed by atoms with van der Waals surface area (Å²) >= 11 is 0. The number of aryl methyl sites for hydroxylation is 1. The number of amides is 1. The second-order valence-corrected chi connectivity index (χ2v) is 4.44. The summed E-state index contributed by atoms with van der Waals surface area (Å²) in [7, 11) is 0. The first-order chi connectivity index (χ1) is 8.45. The van der Waals surface area contributed by atoms with Gasteiger partial charge in [-0.3, -0.25) is 4.79 Å². The van der Waals surface area contributed by atoms with E-state index in [1.165, 1.54) is 0 Å². The Hall–Kier alpha value is -2.03. The minimum Gasteiger partial charge on any atom is -0.398 e. The van der Waals surface area contributed by atoms with Gasteiger partial charge in [-0.25, -0.2) is 0 Å². The molecule has 3 N–H and O–H groups in total. The van der Waals surface area contributed by atoms with E-state index < -0.39 is 0 Å². The van der Waals surface area contributed by atoms with Crippen LogP contribution >= 0.6 is 0 Å². The molecule has 0 heterocycles. The highest BCUT2D eigenvalue weighted by atomic mass is 16.1. The largest absolute Gasteiger partial charge is 0.398 e. The summed E-state index contributed by atoms with van der Waals surface area (Å²) in [6.07, 6.45) is 3.66. The molecular formula is C15H20N2O. The molecule has 0 spiro atoms. The molecule has 96 valence electrons. The van der Waals surface area contributed by atoms with Crippen LogP contribution in [0.4, 0.5) is 11.4 Å². The van der Waals surface area contributed by atoms with E-state index in [-0.39, 0.29) is 5.91 Å². The van der Waals surface area contributed by atoms with Crippen molar-refractivity contribution < 1.29 is 4.79 Å². The fourth-order valence-electron chi connectivity index (χ4n) is 1.55. The van der Waals surface area contributed by atoms with Crippen LogP contribution in [0.1, 0.15) is 26.3 Å². The van der Waals surface area contributed by atoms with Crippen molar-refractivity contribution in [3.05, 3.63) is 47.1 Å². The van der Waals surface area contributed by atoms with E-state index >= 15 is 0 Å². The zero-order chi connectivity index (χ0) is 13.7. The fourth-order valence-corrected chi connectivity index (χ4v) is 1.55. The van der Waals surface area contributed by atoms with Crippen LogP contribution in [-0.2, 0) is 4.79 Å². The second kappa shape index (κ2) is 6.05. The van der Waals surface area contributed by atoms with E-state index in [4.69, 9.17) is 5.73 Å². The number of nitrogen functional groups attached to an aromatic ring is 1. The molecule has 0 aromatic heterocycles. The summed E-state index contributed by atoms with van der Waals surface area (Å²) in [5, 5.41) is 2.85. The number of hydrogen-bond donors (Lipinski definition) is 2. The molecule has 0 aliphatic heterocycles. The predicted octanol–water partition coefficient (Wildman–Crippen LogP) is 3.43. The van der Waals surface area contributed by atoms with Crippen molar-refractivity contribution in [3.8, 4) is 0 Å². The zero-order valence-corrected chi connectivity index (χ0v) is 11.4. The van der Waals surface area contributed by atoms with E-state index in [2.05, 4.69) is 5.32 Å². The van der Waals surface area contributed by atoms with E-state index in [1.54, 1.807) is 6.07 Å². The third-order valence-corrected chi connectivity index (χ3v) is 2.65. The highest BCUT2D eigenvalue weighted by molar-refractivity contribution is 6.06. The Morgan fingerprint density at radius 1 is 1.33 bits per heavy atom. The van der Waals surface area contributed by atoms with E-state index in [0.717, 1.165) is 11.1 Å². The molecule has 0 unspecified atom stereocenters. The van der Waals surface area contributed by atoms with Crippen molar-refractivity contribution in [1.29, 1.82) is 0 Å². The SMILES string of the molecule is C/C=C\C(C(=O)Nc1ccc(C)c(N)c1)=C(C)C. The fraction of sp³-hybridized carbons (Fsp3) is 0.267. The Morgan fingerprint density at radius 2 is 2.00 bits per heavy atom. The topological polar surface area (TPSA) is 55.1 Å². The van der Waals surface area contributed by atoms with Gasteiger partial charge in [0.15, 0.2) is 0 Å². The lowest BCUT2D eigenvalue weighted by Gasteiger charge is -2.09. The van der Waals surface area contributed by atoms with E-state index in [9.17, 15) is 4.79 Å². The average molecular weight is 244 g/mol. The van der Waals surface area contributed by atoms with Gasteiger partial charge in [0.2, 0.25) is 0 Å². The Labute approximate surface area is 108 Å². The smallest absolute Gasteiger partial charge is 0.255 e. The van der Waals surface area contributed by atoms with Crippen molar-refractivity contribution in [2.24, 2.45) is 0 Å². The number of nitrogens with one attached hydrogen (secondary N) is 1. The molecule has 0 saturated carbocycles. The van der Waals surface area contributed by atoms with Crippen molar-refractivity contribution in [1.82, 2.24) is 0 Å². The number of carbonyl (C=O) groups is 1. The summed E-state index contributed by atoms with van der Waals surface area (Å²) in [6, 6.07) is 5.51. The monoisotopic (exact) mass is 244 g/mol. The van der Waals surface area contributed by atoms with Gasteiger partial charge in [0.25, 0.3) is 5.91 Å². The molecule has 1 aromatic carbocycles. The quantitative estimate of drug-likeness (QED) is 0.486. The molecule has 1 aromatic rings. The minimum atomic E-state index is -0.114. The van der Waals surface area contributed by atoms with E-state index in [1.807, 2.05) is 52.0 Å². The minimum absolute atomic E-state index is 0.114. The summed E-state index contributed by atoms with van der Waals surface area (Å²) < 4.78 is 0. The van der Waals surface area contributed by atoms with Crippen LogP contribution in [0.25, 0.3) is 0 Å². The number of hydrogen-bond acceptors (Lipinski definition) is 2. The number of anilines is 2. The molecule has 18 heavy (non-hydrogen) atoms. The molecule has 0 bridgehead atoms. The molecule has 0 aliphatic carbocycles. The van der Waals surface area contributed by atoms with Gasteiger partial charge in [-0.15, -0.1) is 0 Å². The molecule has 0 aliphatic rings. The van der Waals surface area contributed by atoms with Gasteiger partial charge in [-0.1, -0.05) is 23.8 Å². The highest BCUT2D eigenvalue weighted by Crippen LogP contribution is 2.18. The van der Waals surface area contributed by atoms with Crippen LogP contribution in [0.3, 0.4) is 0 Å². The van der Waals surface area contributed by atoms with Gasteiger partial charge in [0.1, 0.15) is 0 Å². The average Bonchev–Trinajstić information content (AvgIpc) is 2.30. The first-order valence-electron chi connectivity index (χ1n) is 5.93. The molecule has 3 nitrogen and oxygen atoms in total. The van der Waals surface area contributed by atoms with Crippen molar-refractivity contribution in [2.75, 3.05) is 11.1 Å². The van der Waals surface area contributed by atoms with Gasteiger partial charge in [0.05, 0.1) is 0 Å². The maximum absolute atomic E-state index is 12.1. The summed E-state index contributed by atoms with van der Waals surface area (Å²) in [4.78, 5) is 12.1. The first kappa shape index (κ1) is 14.0. The lowest BCUT2D eigenvalue weighted by atomic mass is 10.1. The molecule has 0 fully saturated rings. The maximum Gasteiger partial charge on any atom is 0.255 e. The normalized spacial score (nSPS) is 10.4. The number of nitrogens with two attached hydrogens (primary N) is 1. The van der Waals surface area contributed by atoms with Gasteiger partial charge < -0.3 is 11.1 Å². The third-order valence-electron chi connectivity index (χ3n) is 2.65. The number of benzene rings is 1. The first-order valence-corrected chi connectivity index (χ1v) is 5.93. The molecule has 3 heteroatoms. The molecular weight excluding hydrogens is 224 g/mol. The van der Waals surface area contributed by atoms with Crippen molar-refractivity contribution >= 4 is 17.3 Å². The van der Waals surface area contributed by atoms with Crippen LogP contribution in [0.15, 0.2) is 41.5 Å². The van der Waals surface area contributed by atoms with Crippen molar-refractivity contribution in [3.63, 3.8) is 0 Å². The van der Waals surface area contributed by atoms with Crippen LogP contribution in [0.5, 0.6) is 0 Å². The number of carbonyl (C=O) groups excluding carboxylic acids is 1. The van der Waals surface area contributed by atoms with Crippen LogP contribution < -0.4 is 11.1 Å². The highest BCUT2D eigenvalue weighted by Gasteiger charge is 2.08. The molecule has 0 radical (unpaired) electrons. The Balaban J connectivity index is 2.93. The number of rotatable bonds is 3. The zero-order valence-electron chi connectivity index (χ0n) is 11.4. The van der Waals surface area contributed by atoms with Crippen LogP contribution in [0.2, 0.25) is 0 Å². The molecule has 1 amide bonds. The van der Waals surface area contributed by atoms with Crippen LogP contribution in [-0.4, -0.2) is 5.91 Å². The van der Waals surface area contributed by atoms with Gasteiger partial charge >= 0.3 is 0 Å².